The number of nitrogens with zero attached hydrogens (tertiary/aromatic N) is 3. The van der Waals surface area contributed by atoms with E-state index in [1.54, 1.807) is 17.0 Å². The minimum Gasteiger partial charge on any atom is -0.355 e. The van der Waals surface area contributed by atoms with Crippen LogP contribution >= 0.6 is 11.6 Å². The third kappa shape index (κ3) is 3.95. The predicted octanol–water partition coefficient (Wildman–Crippen LogP) is 3.72. The Kier molecular flexibility index (Phi) is 5.34. The number of hydroxylamine groups is 2. The number of hydrogen-bond acceptors (Lipinski definition) is 6. The number of alkyl halides is 3. The van der Waals surface area contributed by atoms with Gasteiger partial charge in [-0.05, 0) is 31.0 Å². The van der Waals surface area contributed by atoms with Gasteiger partial charge in [-0.2, -0.15) is 13.2 Å². The molecule has 0 radical (unpaired) electrons. The normalized spacial score (nSPS) is 17.2. The Bertz CT molecular complexity index is 1030. The van der Waals surface area contributed by atoms with Gasteiger partial charge in [0.05, 0.1) is 27.6 Å². The average Bonchev–Trinajstić information content (AvgIpc) is 2.98. The van der Waals surface area contributed by atoms with E-state index < -0.39 is 35.4 Å². The summed E-state index contributed by atoms with van der Waals surface area (Å²) in [5.74, 6) is -2.52. The molecule has 31 heavy (non-hydrogen) atoms. The van der Waals surface area contributed by atoms with Gasteiger partial charge in [-0.15, -0.1) is 0 Å². The van der Waals surface area contributed by atoms with Crippen LogP contribution < -0.4 is 4.90 Å². The first-order valence-electron chi connectivity index (χ1n) is 9.34. The van der Waals surface area contributed by atoms with Crippen LogP contribution in [0.25, 0.3) is 0 Å². The molecule has 0 N–H and O–H groups in total. The zero-order valence-electron chi connectivity index (χ0n) is 15.9. The fourth-order valence-corrected chi connectivity index (χ4v) is 3.85. The quantitative estimate of drug-likeness (QED) is 0.659. The molecule has 2 aliphatic rings. The summed E-state index contributed by atoms with van der Waals surface area (Å²) in [7, 11) is 0. The maximum Gasteiger partial charge on any atom is 0.417 e. The van der Waals surface area contributed by atoms with Crippen LogP contribution in [-0.4, -0.2) is 40.9 Å². The third-order valence-corrected chi connectivity index (χ3v) is 5.49. The Morgan fingerprint density at radius 2 is 1.68 bits per heavy atom. The summed E-state index contributed by atoms with van der Waals surface area (Å²) in [5.41, 5.74) is -0.614. The van der Waals surface area contributed by atoms with Crippen molar-refractivity contribution >= 4 is 35.2 Å². The Labute approximate surface area is 179 Å². The summed E-state index contributed by atoms with van der Waals surface area (Å²) >= 11 is 5.98. The number of rotatable bonds is 3. The molecule has 0 atom stereocenters. The van der Waals surface area contributed by atoms with Gasteiger partial charge in [-0.25, -0.2) is 9.78 Å². The SMILES string of the molecule is O=C(ON1C(=O)c2ccccc2C1=O)C1CCN(c2ncc(C(F)(F)F)cc2Cl)CC1. The molecule has 2 aromatic rings. The summed E-state index contributed by atoms with van der Waals surface area (Å²) in [6, 6.07) is 6.97. The number of pyridine rings is 1. The van der Waals surface area contributed by atoms with Gasteiger partial charge in [0.1, 0.15) is 5.82 Å². The predicted molar refractivity (Wildman–Crippen MR) is 102 cm³/mol. The van der Waals surface area contributed by atoms with Gasteiger partial charge in [0.25, 0.3) is 11.8 Å². The van der Waals surface area contributed by atoms with Crippen LogP contribution in [0.4, 0.5) is 19.0 Å². The van der Waals surface area contributed by atoms with Gasteiger partial charge in [0, 0.05) is 19.3 Å². The number of aromatic nitrogens is 1. The van der Waals surface area contributed by atoms with Crippen molar-refractivity contribution in [2.75, 3.05) is 18.0 Å². The van der Waals surface area contributed by atoms with Crippen molar-refractivity contribution in [2.45, 2.75) is 19.0 Å². The summed E-state index contributed by atoms with van der Waals surface area (Å²) in [4.78, 5) is 47.7. The molecule has 0 saturated carbocycles. The van der Waals surface area contributed by atoms with Crippen molar-refractivity contribution in [3.63, 3.8) is 0 Å². The lowest BCUT2D eigenvalue weighted by molar-refractivity contribution is -0.174. The molecule has 0 unspecified atom stereocenters. The molecular weight excluding hydrogens is 439 g/mol. The fourth-order valence-electron chi connectivity index (χ4n) is 3.56. The van der Waals surface area contributed by atoms with Crippen molar-refractivity contribution in [1.82, 2.24) is 10.0 Å². The van der Waals surface area contributed by atoms with E-state index in [1.165, 1.54) is 12.1 Å². The third-order valence-electron chi connectivity index (χ3n) is 5.21. The molecular formula is C20H15ClF3N3O4. The second-order valence-corrected chi connectivity index (χ2v) is 7.56. The highest BCUT2D eigenvalue weighted by atomic mass is 35.5. The largest absolute Gasteiger partial charge is 0.417 e. The second kappa shape index (κ2) is 7.84. The minimum atomic E-state index is -4.55. The first kappa shape index (κ1) is 21.1. The number of carbonyl (C=O) groups is 3. The van der Waals surface area contributed by atoms with Gasteiger partial charge >= 0.3 is 12.1 Å². The fraction of sp³-hybridized carbons (Fsp3) is 0.300. The molecule has 0 aliphatic carbocycles. The Morgan fingerprint density at radius 3 is 2.19 bits per heavy atom. The van der Waals surface area contributed by atoms with E-state index >= 15 is 0 Å². The highest BCUT2D eigenvalue weighted by Gasteiger charge is 2.40. The number of amides is 2. The Balaban J connectivity index is 1.38. The standard InChI is InChI=1S/C20H15ClF3N3O4/c21-15-9-12(20(22,23)24)10-25-16(15)26-7-5-11(6-8-26)19(30)31-27-17(28)13-3-1-2-4-14(13)18(27)29/h1-4,9-11H,5-8H2. The number of anilines is 1. The molecule has 3 heterocycles. The number of piperidine rings is 1. The zero-order valence-corrected chi connectivity index (χ0v) is 16.6. The summed E-state index contributed by atoms with van der Waals surface area (Å²) in [6.45, 7) is 0.583. The van der Waals surface area contributed by atoms with Crippen LogP contribution in [0.15, 0.2) is 36.5 Å². The van der Waals surface area contributed by atoms with Crippen molar-refractivity contribution < 1.29 is 32.4 Å². The molecule has 11 heteroatoms. The summed E-state index contributed by atoms with van der Waals surface area (Å²) in [5, 5.41) is 0.329. The average molecular weight is 454 g/mol. The van der Waals surface area contributed by atoms with Gasteiger partial charge < -0.3 is 9.74 Å². The zero-order chi connectivity index (χ0) is 22.3. The van der Waals surface area contributed by atoms with Crippen LogP contribution in [0, 0.1) is 5.92 Å². The van der Waals surface area contributed by atoms with E-state index in [1.807, 2.05) is 0 Å². The van der Waals surface area contributed by atoms with Crippen molar-refractivity contribution in [1.29, 1.82) is 0 Å². The lowest BCUT2D eigenvalue weighted by atomic mass is 9.97. The summed E-state index contributed by atoms with van der Waals surface area (Å²) < 4.78 is 38.3. The van der Waals surface area contributed by atoms with Crippen LogP contribution in [0.5, 0.6) is 0 Å². The lowest BCUT2D eigenvalue weighted by Gasteiger charge is -2.32. The van der Waals surface area contributed by atoms with E-state index in [4.69, 9.17) is 16.4 Å². The van der Waals surface area contributed by atoms with Crippen LogP contribution in [-0.2, 0) is 15.8 Å². The van der Waals surface area contributed by atoms with Gasteiger partial charge in [-0.3, -0.25) is 9.59 Å². The van der Waals surface area contributed by atoms with Gasteiger partial charge in [-0.1, -0.05) is 28.8 Å². The first-order chi connectivity index (χ1) is 14.7. The lowest BCUT2D eigenvalue weighted by Crippen LogP contribution is -2.40. The van der Waals surface area contributed by atoms with Crippen molar-refractivity contribution in [2.24, 2.45) is 5.92 Å². The summed E-state index contributed by atoms with van der Waals surface area (Å²) in [6.07, 6.45) is -3.25. The molecule has 2 amide bonds. The van der Waals surface area contributed by atoms with Crippen LogP contribution in [0.3, 0.4) is 0 Å². The molecule has 7 nitrogen and oxygen atoms in total. The van der Waals surface area contributed by atoms with Crippen molar-refractivity contribution in [3.05, 3.63) is 58.2 Å². The molecule has 1 saturated heterocycles. The number of imide groups is 1. The van der Waals surface area contributed by atoms with E-state index in [0.717, 1.165) is 6.07 Å². The minimum absolute atomic E-state index is 0.137. The number of carbonyl (C=O) groups excluding carboxylic acids is 3. The van der Waals surface area contributed by atoms with Gasteiger partial charge in [0.15, 0.2) is 0 Å². The Hall–Kier alpha value is -3.14. The van der Waals surface area contributed by atoms with Gasteiger partial charge in [0.2, 0.25) is 0 Å². The monoisotopic (exact) mass is 453 g/mol. The Morgan fingerprint density at radius 1 is 1.10 bits per heavy atom. The van der Waals surface area contributed by atoms with E-state index in [2.05, 4.69) is 4.98 Å². The molecule has 4 rings (SSSR count). The topological polar surface area (TPSA) is 79.8 Å². The molecule has 1 fully saturated rings. The maximum absolute atomic E-state index is 12.8. The highest BCUT2D eigenvalue weighted by molar-refractivity contribution is 6.33. The number of benzene rings is 1. The molecule has 0 bridgehead atoms. The van der Waals surface area contributed by atoms with E-state index in [-0.39, 0.29) is 22.0 Å². The van der Waals surface area contributed by atoms with E-state index in [0.29, 0.717) is 37.2 Å². The number of halogens is 4. The van der Waals surface area contributed by atoms with Crippen molar-refractivity contribution in [3.8, 4) is 0 Å². The highest BCUT2D eigenvalue weighted by Crippen LogP contribution is 2.35. The van der Waals surface area contributed by atoms with Crippen LogP contribution in [0.1, 0.15) is 39.1 Å². The van der Waals surface area contributed by atoms with E-state index in [9.17, 15) is 27.6 Å². The number of fused-ring (bicyclic) bond motifs is 1. The molecule has 1 aromatic heterocycles. The number of hydrogen-bond donors (Lipinski definition) is 0. The molecule has 0 spiro atoms. The van der Waals surface area contributed by atoms with Crippen LogP contribution in [0.2, 0.25) is 5.02 Å². The first-order valence-corrected chi connectivity index (χ1v) is 9.72. The smallest absolute Gasteiger partial charge is 0.355 e. The molecule has 2 aliphatic heterocycles. The molecule has 162 valence electrons. The molecule has 1 aromatic carbocycles. The maximum atomic E-state index is 12.8. The second-order valence-electron chi connectivity index (χ2n) is 7.15.